The van der Waals surface area contributed by atoms with E-state index >= 15 is 0 Å². The molecule has 2 fully saturated rings. The molecule has 4 rings (SSSR count). The van der Waals surface area contributed by atoms with E-state index in [1.807, 2.05) is 31.3 Å². The fourth-order valence-corrected chi connectivity index (χ4v) is 4.87. The van der Waals surface area contributed by atoms with Crippen LogP contribution in [0, 0.1) is 23.7 Å². The molecule has 1 saturated carbocycles. The van der Waals surface area contributed by atoms with Crippen LogP contribution in [0.5, 0.6) is 0 Å². The van der Waals surface area contributed by atoms with Crippen molar-refractivity contribution >= 4 is 17.8 Å². The van der Waals surface area contributed by atoms with Gasteiger partial charge in [-0.15, -0.1) is 0 Å². The molecule has 0 bridgehead atoms. The molecule has 2 heterocycles. The lowest BCUT2D eigenvalue weighted by Crippen LogP contribution is -2.36. The maximum atomic E-state index is 13.1. The summed E-state index contributed by atoms with van der Waals surface area (Å²) in [4.78, 5) is 25.9. The van der Waals surface area contributed by atoms with Gasteiger partial charge in [-0.1, -0.05) is 17.7 Å². The average Bonchev–Trinajstić information content (AvgIpc) is 3.10. The van der Waals surface area contributed by atoms with Crippen molar-refractivity contribution in [3.8, 4) is 0 Å². The number of likely N-dealkylation sites (N-methyl/N-ethyl adjacent to an activating group) is 1. The fraction of sp³-hybridized carbons (Fsp3) is 0.650. The van der Waals surface area contributed by atoms with E-state index in [9.17, 15) is 9.59 Å². The highest BCUT2D eigenvalue weighted by atomic mass is 16.5. The highest BCUT2D eigenvalue weighted by molar-refractivity contribution is 6.13. The molecular weight excluding hydrogens is 316 g/mol. The highest BCUT2D eigenvalue weighted by Gasteiger charge is 2.48. The zero-order valence-corrected chi connectivity index (χ0v) is 15.0. The molecule has 5 heteroatoms. The maximum absolute atomic E-state index is 13.1. The summed E-state index contributed by atoms with van der Waals surface area (Å²) < 4.78 is 5.41. The second-order valence-electron chi connectivity index (χ2n) is 7.85. The third-order valence-corrected chi connectivity index (χ3v) is 6.29. The summed E-state index contributed by atoms with van der Waals surface area (Å²) in [6.07, 6.45) is 9.35. The standard InChI is InChI=1S/C20H26N2O3/c1-12-3-4-16-15(11-21-22(16)2)18(12)19-17(23)10-14(20(19)24)9-13-5-7-25-8-6-13/h3-4,11,13-16,19H,5-10H2,1-2H3. The number of hydrazone groups is 1. The first-order valence-electron chi connectivity index (χ1n) is 9.36. The Bertz CT molecular complexity index is 672. The van der Waals surface area contributed by atoms with E-state index in [2.05, 4.69) is 11.2 Å². The first-order chi connectivity index (χ1) is 12.1. The van der Waals surface area contributed by atoms with Gasteiger partial charge in [0.25, 0.3) is 0 Å². The van der Waals surface area contributed by atoms with Crippen LogP contribution in [0.2, 0.25) is 0 Å². The van der Waals surface area contributed by atoms with Crippen LogP contribution in [0.4, 0.5) is 0 Å². The first kappa shape index (κ1) is 16.7. The molecule has 0 aromatic heterocycles. The van der Waals surface area contributed by atoms with E-state index in [1.165, 1.54) is 0 Å². The third kappa shape index (κ3) is 2.88. The number of ether oxygens (including phenoxy) is 1. The van der Waals surface area contributed by atoms with Gasteiger partial charge in [0.05, 0.1) is 12.0 Å². The SMILES string of the molecule is CC1=C(C2C(=O)CC(CC3CCOCC3)C2=O)C2C=NN(C)C2C=C1. The van der Waals surface area contributed by atoms with Crippen molar-refractivity contribution < 1.29 is 14.3 Å². The molecule has 4 aliphatic rings. The van der Waals surface area contributed by atoms with Crippen molar-refractivity contribution in [1.82, 2.24) is 5.01 Å². The molecule has 0 radical (unpaired) electrons. The molecule has 1 saturated heterocycles. The number of allylic oxidation sites excluding steroid dienone is 2. The second kappa shape index (κ2) is 6.52. The van der Waals surface area contributed by atoms with E-state index < -0.39 is 5.92 Å². The molecule has 0 N–H and O–H groups in total. The lowest BCUT2D eigenvalue weighted by atomic mass is 9.76. The largest absolute Gasteiger partial charge is 0.381 e. The van der Waals surface area contributed by atoms with Crippen LogP contribution in [0.15, 0.2) is 28.4 Å². The summed E-state index contributed by atoms with van der Waals surface area (Å²) >= 11 is 0. The lowest BCUT2D eigenvalue weighted by molar-refractivity contribution is -0.127. The average molecular weight is 342 g/mol. The van der Waals surface area contributed by atoms with Crippen molar-refractivity contribution in [3.63, 3.8) is 0 Å². The van der Waals surface area contributed by atoms with E-state index in [4.69, 9.17) is 4.74 Å². The summed E-state index contributed by atoms with van der Waals surface area (Å²) in [6, 6.07) is 0.133. The number of hydrogen-bond acceptors (Lipinski definition) is 5. The van der Waals surface area contributed by atoms with Crippen molar-refractivity contribution in [2.24, 2.45) is 28.8 Å². The van der Waals surface area contributed by atoms with Gasteiger partial charge in [-0.3, -0.25) is 14.6 Å². The molecular formula is C20H26N2O3. The Balaban J connectivity index is 1.55. The number of carbonyl (C=O) groups excluding carboxylic acids is 2. The molecule has 4 atom stereocenters. The Kier molecular flexibility index (Phi) is 4.36. The van der Waals surface area contributed by atoms with Crippen molar-refractivity contribution in [1.29, 1.82) is 0 Å². The molecule has 5 nitrogen and oxygen atoms in total. The minimum atomic E-state index is -0.555. The van der Waals surface area contributed by atoms with Crippen molar-refractivity contribution in [3.05, 3.63) is 23.3 Å². The third-order valence-electron chi connectivity index (χ3n) is 6.29. The number of carbonyl (C=O) groups is 2. The smallest absolute Gasteiger partial charge is 0.150 e. The summed E-state index contributed by atoms with van der Waals surface area (Å²) in [5.41, 5.74) is 2.05. The van der Waals surface area contributed by atoms with Crippen LogP contribution in [-0.4, -0.2) is 49.1 Å². The Morgan fingerprint density at radius 1 is 1.28 bits per heavy atom. The minimum Gasteiger partial charge on any atom is -0.381 e. The Morgan fingerprint density at radius 2 is 2.04 bits per heavy atom. The molecule has 2 aliphatic carbocycles. The minimum absolute atomic E-state index is 0.0507. The van der Waals surface area contributed by atoms with E-state index in [-0.39, 0.29) is 29.4 Å². The fourth-order valence-electron chi connectivity index (χ4n) is 4.87. The predicted molar refractivity (Wildman–Crippen MR) is 95.1 cm³/mol. The molecule has 134 valence electrons. The van der Waals surface area contributed by atoms with Crippen LogP contribution < -0.4 is 0 Å². The Labute approximate surface area is 148 Å². The van der Waals surface area contributed by atoms with Gasteiger partial charge in [-0.25, -0.2) is 0 Å². The summed E-state index contributed by atoms with van der Waals surface area (Å²) in [5.74, 6) is 0.148. The van der Waals surface area contributed by atoms with E-state index in [1.54, 1.807) is 0 Å². The number of nitrogens with zero attached hydrogens (tertiary/aromatic N) is 2. The zero-order valence-electron chi connectivity index (χ0n) is 15.0. The van der Waals surface area contributed by atoms with Gasteiger partial charge < -0.3 is 4.74 Å². The van der Waals surface area contributed by atoms with E-state index in [0.29, 0.717) is 12.3 Å². The normalized spacial score (nSPS) is 35.8. The van der Waals surface area contributed by atoms with Crippen LogP contribution >= 0.6 is 0 Å². The van der Waals surface area contributed by atoms with Gasteiger partial charge in [-0.05, 0) is 37.7 Å². The van der Waals surface area contributed by atoms with Crippen molar-refractivity contribution in [2.45, 2.75) is 38.6 Å². The summed E-state index contributed by atoms with van der Waals surface area (Å²) in [6.45, 7) is 3.58. The topological polar surface area (TPSA) is 59.0 Å². The molecule has 0 spiro atoms. The predicted octanol–water partition coefficient (Wildman–Crippen LogP) is 2.38. The maximum Gasteiger partial charge on any atom is 0.150 e. The number of hydrogen-bond donors (Lipinski definition) is 0. The van der Waals surface area contributed by atoms with Crippen LogP contribution in [-0.2, 0) is 14.3 Å². The molecule has 0 amide bonds. The van der Waals surface area contributed by atoms with Gasteiger partial charge in [0.15, 0.2) is 5.78 Å². The molecule has 25 heavy (non-hydrogen) atoms. The second-order valence-corrected chi connectivity index (χ2v) is 7.85. The number of ketones is 2. The van der Waals surface area contributed by atoms with Crippen molar-refractivity contribution in [2.75, 3.05) is 20.3 Å². The summed E-state index contributed by atoms with van der Waals surface area (Å²) in [7, 11) is 1.94. The number of fused-ring (bicyclic) bond motifs is 1. The Morgan fingerprint density at radius 3 is 2.80 bits per heavy atom. The zero-order chi connectivity index (χ0) is 17.6. The number of Topliss-reactive ketones (excluding diaryl/α,β-unsaturated/α-hetero) is 2. The summed E-state index contributed by atoms with van der Waals surface area (Å²) in [5, 5.41) is 6.30. The molecule has 0 aromatic rings. The van der Waals surface area contributed by atoms with Gasteiger partial charge in [0.2, 0.25) is 0 Å². The first-order valence-corrected chi connectivity index (χ1v) is 9.36. The Hall–Kier alpha value is -1.75. The van der Waals surface area contributed by atoms with Crippen LogP contribution in [0.3, 0.4) is 0 Å². The van der Waals surface area contributed by atoms with Gasteiger partial charge in [0, 0.05) is 44.7 Å². The van der Waals surface area contributed by atoms with Gasteiger partial charge in [0.1, 0.15) is 5.78 Å². The van der Waals surface area contributed by atoms with E-state index in [0.717, 1.165) is 43.6 Å². The molecule has 4 unspecified atom stereocenters. The molecule has 2 aliphatic heterocycles. The van der Waals surface area contributed by atoms with Gasteiger partial charge in [-0.2, -0.15) is 5.10 Å². The highest BCUT2D eigenvalue weighted by Crippen LogP contribution is 2.42. The quantitative estimate of drug-likeness (QED) is 0.739. The van der Waals surface area contributed by atoms with Crippen LogP contribution in [0.25, 0.3) is 0 Å². The lowest BCUT2D eigenvalue weighted by Gasteiger charge is -2.30. The van der Waals surface area contributed by atoms with Gasteiger partial charge >= 0.3 is 0 Å². The molecule has 0 aromatic carbocycles. The monoisotopic (exact) mass is 342 g/mol. The van der Waals surface area contributed by atoms with Crippen LogP contribution in [0.1, 0.15) is 32.6 Å². The number of rotatable bonds is 3.